The number of hydrogen-bond donors (Lipinski definition) is 0. The van der Waals surface area contributed by atoms with Crippen LogP contribution in [0.15, 0.2) is 71.8 Å². The first-order chi connectivity index (χ1) is 18.1. The highest BCUT2D eigenvalue weighted by molar-refractivity contribution is 9.13. The SMILES string of the molecule is COc1cc(C=Nn2c(C(C)C)nc3ccc(Br)cc3c2=O)c(Br)c(Br)c1OCc1cccc([N+](=O)[O-])c1. The van der Waals surface area contributed by atoms with E-state index in [9.17, 15) is 14.9 Å². The van der Waals surface area contributed by atoms with Gasteiger partial charge in [-0.2, -0.15) is 9.78 Å². The number of methoxy groups -OCH3 is 1. The minimum Gasteiger partial charge on any atom is -0.493 e. The average molecular weight is 709 g/mol. The quantitative estimate of drug-likeness (QED) is 0.109. The van der Waals surface area contributed by atoms with Gasteiger partial charge in [-0.15, -0.1) is 0 Å². The maximum atomic E-state index is 13.3. The van der Waals surface area contributed by atoms with Crippen molar-refractivity contribution in [2.45, 2.75) is 26.4 Å². The van der Waals surface area contributed by atoms with E-state index in [0.29, 0.717) is 48.3 Å². The van der Waals surface area contributed by atoms with Crippen LogP contribution in [0.2, 0.25) is 0 Å². The van der Waals surface area contributed by atoms with Gasteiger partial charge < -0.3 is 9.47 Å². The highest BCUT2D eigenvalue weighted by Crippen LogP contribution is 2.42. The van der Waals surface area contributed by atoms with Gasteiger partial charge in [-0.25, -0.2) is 4.98 Å². The second-order valence-corrected chi connectivity index (χ2v) is 11.0. The standard InChI is InChI=1S/C26H21Br3N4O5/c1-14(2)25-31-20-8-7-17(27)11-19(20)26(34)32(25)30-12-16-10-21(37-3)24(23(29)22(16)28)38-13-15-5-4-6-18(9-15)33(35)36/h4-12,14H,13H2,1-3H3. The monoisotopic (exact) mass is 706 g/mol. The zero-order chi connectivity index (χ0) is 27.6. The summed E-state index contributed by atoms with van der Waals surface area (Å²) in [5.41, 5.74) is 1.55. The number of fused-ring (bicyclic) bond motifs is 1. The summed E-state index contributed by atoms with van der Waals surface area (Å²) >= 11 is 10.5. The molecule has 0 saturated carbocycles. The minimum atomic E-state index is -0.454. The first-order valence-corrected chi connectivity index (χ1v) is 13.7. The highest BCUT2D eigenvalue weighted by atomic mass is 79.9. The van der Waals surface area contributed by atoms with Gasteiger partial charge in [0.25, 0.3) is 11.2 Å². The summed E-state index contributed by atoms with van der Waals surface area (Å²) in [6.45, 7) is 3.98. The van der Waals surface area contributed by atoms with E-state index in [-0.39, 0.29) is 23.8 Å². The van der Waals surface area contributed by atoms with E-state index in [0.717, 1.165) is 4.47 Å². The predicted molar refractivity (Wildman–Crippen MR) is 157 cm³/mol. The number of hydrogen-bond acceptors (Lipinski definition) is 7. The third-order valence-corrected chi connectivity index (χ3v) is 8.18. The zero-order valence-corrected chi connectivity index (χ0v) is 25.2. The second-order valence-electron chi connectivity index (χ2n) is 8.49. The summed E-state index contributed by atoms with van der Waals surface area (Å²) in [4.78, 5) is 28.6. The lowest BCUT2D eigenvalue weighted by Gasteiger charge is -2.16. The molecule has 9 nitrogen and oxygen atoms in total. The topological polar surface area (TPSA) is 109 Å². The van der Waals surface area contributed by atoms with E-state index in [1.54, 1.807) is 36.5 Å². The Labute approximate surface area is 243 Å². The van der Waals surface area contributed by atoms with Crippen molar-refractivity contribution in [1.82, 2.24) is 9.66 Å². The Balaban J connectivity index is 1.71. The maximum absolute atomic E-state index is 13.3. The van der Waals surface area contributed by atoms with Crippen LogP contribution < -0.4 is 15.0 Å². The van der Waals surface area contributed by atoms with Crippen molar-refractivity contribution in [2.24, 2.45) is 5.10 Å². The van der Waals surface area contributed by atoms with Crippen LogP contribution in [-0.4, -0.2) is 27.9 Å². The molecule has 12 heteroatoms. The molecule has 1 heterocycles. The average Bonchev–Trinajstić information content (AvgIpc) is 2.89. The molecule has 38 heavy (non-hydrogen) atoms. The van der Waals surface area contributed by atoms with Crippen LogP contribution in [0.25, 0.3) is 10.9 Å². The fourth-order valence-corrected chi connectivity index (χ4v) is 4.97. The van der Waals surface area contributed by atoms with Crippen LogP contribution in [0.1, 0.15) is 36.7 Å². The second kappa shape index (κ2) is 11.7. The molecule has 0 fully saturated rings. The van der Waals surface area contributed by atoms with E-state index < -0.39 is 4.92 Å². The number of ether oxygens (including phenoxy) is 2. The van der Waals surface area contributed by atoms with Crippen LogP contribution in [0.5, 0.6) is 11.5 Å². The van der Waals surface area contributed by atoms with Gasteiger partial charge in [0.2, 0.25) is 0 Å². The molecule has 1 aromatic heterocycles. The van der Waals surface area contributed by atoms with Crippen LogP contribution in [-0.2, 0) is 6.61 Å². The number of non-ortho nitro benzene ring substituents is 1. The Hall–Kier alpha value is -3.09. The molecule has 196 valence electrons. The molecule has 3 aromatic carbocycles. The smallest absolute Gasteiger partial charge is 0.282 e. The molecule has 0 bridgehead atoms. The molecule has 4 rings (SSSR count). The van der Waals surface area contributed by atoms with Crippen LogP contribution in [0.4, 0.5) is 5.69 Å². The van der Waals surface area contributed by atoms with Gasteiger partial charge in [-0.3, -0.25) is 14.9 Å². The lowest BCUT2D eigenvalue weighted by Crippen LogP contribution is -2.23. The van der Waals surface area contributed by atoms with Crippen molar-refractivity contribution in [1.29, 1.82) is 0 Å². The molecule has 0 unspecified atom stereocenters. The molecular formula is C26H21Br3N4O5. The Morgan fingerprint density at radius 2 is 1.89 bits per heavy atom. The van der Waals surface area contributed by atoms with Gasteiger partial charge in [0.1, 0.15) is 12.4 Å². The van der Waals surface area contributed by atoms with Crippen LogP contribution in [0.3, 0.4) is 0 Å². The summed E-state index contributed by atoms with van der Waals surface area (Å²) < 4.78 is 14.8. The molecule has 0 amide bonds. The number of aromatic nitrogens is 2. The van der Waals surface area contributed by atoms with E-state index >= 15 is 0 Å². The third-order valence-electron chi connectivity index (χ3n) is 5.54. The summed E-state index contributed by atoms with van der Waals surface area (Å²) in [6, 6.07) is 13.3. The highest BCUT2D eigenvalue weighted by Gasteiger charge is 2.18. The molecule has 0 aliphatic carbocycles. The molecule has 0 N–H and O–H groups in total. The molecule has 0 atom stereocenters. The summed E-state index contributed by atoms with van der Waals surface area (Å²) in [6.07, 6.45) is 1.54. The Morgan fingerprint density at radius 1 is 1.13 bits per heavy atom. The maximum Gasteiger partial charge on any atom is 0.282 e. The number of nitro groups is 1. The number of rotatable bonds is 8. The molecule has 0 radical (unpaired) electrons. The van der Waals surface area contributed by atoms with Gasteiger partial charge in [0.15, 0.2) is 11.5 Å². The van der Waals surface area contributed by atoms with Gasteiger partial charge in [-0.05, 0) is 61.7 Å². The van der Waals surface area contributed by atoms with Gasteiger partial charge >= 0.3 is 0 Å². The molecule has 0 spiro atoms. The molecular weight excluding hydrogens is 688 g/mol. The van der Waals surface area contributed by atoms with Crippen LogP contribution >= 0.6 is 47.8 Å². The van der Waals surface area contributed by atoms with Crippen molar-refractivity contribution < 1.29 is 14.4 Å². The van der Waals surface area contributed by atoms with Crippen LogP contribution in [0, 0.1) is 10.1 Å². The number of nitro benzene ring substituents is 1. The Morgan fingerprint density at radius 3 is 2.58 bits per heavy atom. The summed E-state index contributed by atoms with van der Waals surface area (Å²) in [5.74, 6) is 1.28. The number of halogens is 3. The molecule has 0 aliphatic heterocycles. The van der Waals surface area contributed by atoms with Crippen molar-refractivity contribution >= 4 is 70.6 Å². The zero-order valence-electron chi connectivity index (χ0n) is 20.4. The van der Waals surface area contributed by atoms with E-state index in [1.165, 1.54) is 23.9 Å². The number of nitrogens with zero attached hydrogens (tertiary/aromatic N) is 4. The van der Waals surface area contributed by atoms with Gasteiger partial charge in [-0.1, -0.05) is 41.9 Å². The Bertz CT molecular complexity index is 1640. The number of benzene rings is 3. The first-order valence-electron chi connectivity index (χ1n) is 11.3. The predicted octanol–water partition coefficient (Wildman–Crippen LogP) is 7.19. The lowest BCUT2D eigenvalue weighted by molar-refractivity contribution is -0.384. The molecule has 0 aliphatic rings. The third kappa shape index (κ3) is 5.82. The van der Waals surface area contributed by atoms with Crippen molar-refractivity contribution in [3.05, 3.63) is 99.4 Å². The van der Waals surface area contributed by atoms with E-state index in [2.05, 4.69) is 57.9 Å². The molecule has 4 aromatic rings. The lowest BCUT2D eigenvalue weighted by atomic mass is 10.2. The fraction of sp³-hybridized carbons (Fsp3) is 0.192. The first kappa shape index (κ1) is 27.9. The Kier molecular flexibility index (Phi) is 8.64. The minimum absolute atomic E-state index is 0.0172. The fourth-order valence-electron chi connectivity index (χ4n) is 3.67. The van der Waals surface area contributed by atoms with E-state index in [1.807, 2.05) is 19.9 Å². The summed E-state index contributed by atoms with van der Waals surface area (Å²) in [7, 11) is 1.50. The summed E-state index contributed by atoms with van der Waals surface area (Å²) in [5, 5.41) is 16.0. The van der Waals surface area contributed by atoms with Gasteiger partial charge in [0, 0.05) is 32.6 Å². The van der Waals surface area contributed by atoms with E-state index in [4.69, 9.17) is 9.47 Å². The van der Waals surface area contributed by atoms with Crippen molar-refractivity contribution in [3.63, 3.8) is 0 Å². The van der Waals surface area contributed by atoms with Gasteiger partial charge in [0.05, 0.1) is 33.6 Å². The van der Waals surface area contributed by atoms with Crippen molar-refractivity contribution in [2.75, 3.05) is 7.11 Å². The molecule has 0 saturated heterocycles. The van der Waals surface area contributed by atoms with Crippen molar-refractivity contribution in [3.8, 4) is 11.5 Å². The largest absolute Gasteiger partial charge is 0.493 e. The normalized spacial score (nSPS) is 11.4.